The van der Waals surface area contributed by atoms with E-state index in [9.17, 15) is 14.0 Å². The number of halogens is 1. The Morgan fingerprint density at radius 2 is 1.94 bits per heavy atom. The topological polar surface area (TPSA) is 108 Å². The Hall–Kier alpha value is -4.21. The second-order valence-corrected chi connectivity index (χ2v) is 6.51. The zero-order valence-corrected chi connectivity index (χ0v) is 16.6. The van der Waals surface area contributed by atoms with E-state index >= 15 is 0 Å². The second-order valence-electron chi connectivity index (χ2n) is 6.51. The fourth-order valence-electron chi connectivity index (χ4n) is 3.05. The summed E-state index contributed by atoms with van der Waals surface area (Å²) in [5.41, 5.74) is 0.610. The number of hydrogen-bond acceptors (Lipinski definition) is 7. The standard InChI is InChI=1S/C21H17FN4O5/c1-29-14-7-8-16(30-2)15(9-14)24-17(27)10-26-11-23-20-18(21(26)28)19(25-31-20)12-3-5-13(22)6-4-12/h3-9,11H,10H2,1-2H3,(H,24,27). The first-order valence-corrected chi connectivity index (χ1v) is 9.13. The summed E-state index contributed by atoms with van der Waals surface area (Å²) in [5.74, 6) is 0.0730. The first kappa shape index (κ1) is 20.1. The summed E-state index contributed by atoms with van der Waals surface area (Å²) in [5, 5.41) is 6.67. The van der Waals surface area contributed by atoms with Crippen LogP contribution in [0.25, 0.3) is 22.4 Å². The van der Waals surface area contributed by atoms with E-state index in [4.69, 9.17) is 14.0 Å². The van der Waals surface area contributed by atoms with Gasteiger partial charge in [0.15, 0.2) is 0 Å². The van der Waals surface area contributed by atoms with Crippen molar-refractivity contribution in [3.8, 4) is 22.8 Å². The summed E-state index contributed by atoms with van der Waals surface area (Å²) in [6.45, 7) is -0.309. The van der Waals surface area contributed by atoms with Crippen LogP contribution >= 0.6 is 0 Å². The van der Waals surface area contributed by atoms with Gasteiger partial charge in [0.05, 0.1) is 19.9 Å². The van der Waals surface area contributed by atoms with Gasteiger partial charge in [-0.15, -0.1) is 0 Å². The summed E-state index contributed by atoms with van der Waals surface area (Å²) >= 11 is 0. The van der Waals surface area contributed by atoms with Crippen LogP contribution in [0.15, 0.2) is 58.1 Å². The van der Waals surface area contributed by atoms with Crippen molar-refractivity contribution in [2.45, 2.75) is 6.54 Å². The van der Waals surface area contributed by atoms with Gasteiger partial charge in [0, 0.05) is 11.6 Å². The number of anilines is 1. The Labute approximate surface area is 175 Å². The number of nitrogens with zero attached hydrogens (tertiary/aromatic N) is 3. The quantitative estimate of drug-likeness (QED) is 0.507. The van der Waals surface area contributed by atoms with Gasteiger partial charge in [-0.25, -0.2) is 9.37 Å². The molecule has 31 heavy (non-hydrogen) atoms. The number of aromatic nitrogens is 3. The SMILES string of the molecule is COc1ccc(OC)c(NC(=O)Cn2cnc3onc(-c4ccc(F)cc4)c3c2=O)c1. The Kier molecular flexibility index (Phi) is 5.35. The van der Waals surface area contributed by atoms with Crippen LogP contribution in [-0.2, 0) is 11.3 Å². The van der Waals surface area contributed by atoms with Gasteiger partial charge in [-0.2, -0.15) is 0 Å². The van der Waals surface area contributed by atoms with E-state index < -0.39 is 17.3 Å². The van der Waals surface area contributed by atoms with Crippen molar-refractivity contribution >= 4 is 22.7 Å². The van der Waals surface area contributed by atoms with Crippen molar-refractivity contribution in [3.63, 3.8) is 0 Å². The second kappa shape index (κ2) is 8.27. The Bertz CT molecular complexity index is 1310. The highest BCUT2D eigenvalue weighted by Gasteiger charge is 2.18. The molecule has 158 valence electrons. The van der Waals surface area contributed by atoms with Gasteiger partial charge < -0.3 is 19.3 Å². The number of hydrogen-bond donors (Lipinski definition) is 1. The van der Waals surface area contributed by atoms with Crippen LogP contribution in [0.5, 0.6) is 11.5 Å². The fourth-order valence-corrected chi connectivity index (χ4v) is 3.05. The lowest BCUT2D eigenvalue weighted by molar-refractivity contribution is -0.116. The maximum atomic E-state index is 13.2. The van der Waals surface area contributed by atoms with Crippen LogP contribution in [0.4, 0.5) is 10.1 Å². The van der Waals surface area contributed by atoms with E-state index in [1.807, 2.05) is 0 Å². The molecule has 0 aliphatic carbocycles. The van der Waals surface area contributed by atoms with Gasteiger partial charge in [0.1, 0.15) is 41.3 Å². The molecule has 0 unspecified atom stereocenters. The molecule has 0 saturated carbocycles. The van der Waals surface area contributed by atoms with Gasteiger partial charge in [-0.3, -0.25) is 14.2 Å². The largest absolute Gasteiger partial charge is 0.497 e. The Balaban J connectivity index is 1.64. The monoisotopic (exact) mass is 424 g/mol. The molecule has 2 aromatic carbocycles. The average molecular weight is 424 g/mol. The molecule has 10 heteroatoms. The summed E-state index contributed by atoms with van der Waals surface area (Å²) in [6.07, 6.45) is 1.20. The fraction of sp³-hybridized carbons (Fsp3) is 0.143. The molecule has 0 saturated heterocycles. The molecule has 1 N–H and O–H groups in total. The number of ether oxygens (including phenoxy) is 2. The molecule has 4 aromatic rings. The highest BCUT2D eigenvalue weighted by molar-refractivity contribution is 5.93. The number of amides is 1. The molecular weight excluding hydrogens is 407 g/mol. The van der Waals surface area contributed by atoms with Crippen molar-refractivity contribution in [2.24, 2.45) is 0 Å². The van der Waals surface area contributed by atoms with Gasteiger partial charge >= 0.3 is 0 Å². The zero-order valence-electron chi connectivity index (χ0n) is 16.6. The molecule has 4 rings (SSSR count). The third-order valence-corrected chi connectivity index (χ3v) is 4.58. The summed E-state index contributed by atoms with van der Waals surface area (Å²) in [4.78, 5) is 29.6. The molecule has 0 atom stereocenters. The van der Waals surface area contributed by atoms with Gasteiger partial charge in [0.2, 0.25) is 5.91 Å². The third kappa shape index (κ3) is 3.95. The minimum atomic E-state index is -0.515. The van der Waals surface area contributed by atoms with E-state index in [1.54, 1.807) is 18.2 Å². The molecule has 2 heterocycles. The van der Waals surface area contributed by atoms with Crippen LogP contribution in [0.3, 0.4) is 0 Å². The van der Waals surface area contributed by atoms with Crippen LogP contribution < -0.4 is 20.3 Å². The average Bonchev–Trinajstić information content (AvgIpc) is 3.21. The normalized spacial score (nSPS) is 10.8. The van der Waals surface area contributed by atoms with E-state index in [0.29, 0.717) is 22.7 Å². The summed E-state index contributed by atoms with van der Waals surface area (Å²) in [6, 6.07) is 10.4. The molecule has 0 fully saturated rings. The van der Waals surface area contributed by atoms with E-state index in [2.05, 4.69) is 15.5 Å². The number of methoxy groups -OCH3 is 2. The summed E-state index contributed by atoms with van der Waals surface area (Å²) in [7, 11) is 2.98. The molecular formula is C21H17FN4O5. The van der Waals surface area contributed by atoms with Crippen LogP contribution in [-0.4, -0.2) is 34.8 Å². The van der Waals surface area contributed by atoms with Crippen molar-refractivity contribution in [1.82, 2.24) is 14.7 Å². The van der Waals surface area contributed by atoms with Crippen molar-refractivity contribution in [3.05, 3.63) is 65.0 Å². The zero-order chi connectivity index (χ0) is 22.0. The van der Waals surface area contributed by atoms with Crippen molar-refractivity contribution in [2.75, 3.05) is 19.5 Å². The van der Waals surface area contributed by atoms with E-state index in [-0.39, 0.29) is 23.3 Å². The number of benzene rings is 2. The predicted octanol–water partition coefficient (Wildman–Crippen LogP) is 2.85. The van der Waals surface area contributed by atoms with Crippen molar-refractivity contribution < 1.29 is 23.2 Å². The molecule has 0 radical (unpaired) electrons. The lowest BCUT2D eigenvalue weighted by atomic mass is 10.1. The number of fused-ring (bicyclic) bond motifs is 1. The molecule has 0 spiro atoms. The van der Waals surface area contributed by atoms with E-state index in [0.717, 1.165) is 4.57 Å². The van der Waals surface area contributed by atoms with Crippen LogP contribution in [0.1, 0.15) is 0 Å². The molecule has 1 amide bonds. The predicted molar refractivity (Wildman–Crippen MR) is 110 cm³/mol. The Morgan fingerprint density at radius 3 is 2.65 bits per heavy atom. The lowest BCUT2D eigenvalue weighted by Gasteiger charge is -2.12. The number of carbonyl (C=O) groups is 1. The molecule has 0 aliphatic rings. The van der Waals surface area contributed by atoms with Gasteiger partial charge in [0.25, 0.3) is 11.3 Å². The first-order chi connectivity index (χ1) is 15.0. The highest BCUT2D eigenvalue weighted by atomic mass is 19.1. The first-order valence-electron chi connectivity index (χ1n) is 9.13. The number of rotatable bonds is 6. The molecule has 0 bridgehead atoms. The van der Waals surface area contributed by atoms with Gasteiger partial charge in [-0.05, 0) is 36.4 Å². The highest BCUT2D eigenvalue weighted by Crippen LogP contribution is 2.29. The number of carbonyl (C=O) groups excluding carboxylic acids is 1. The minimum absolute atomic E-state index is 0.0236. The maximum Gasteiger partial charge on any atom is 0.267 e. The van der Waals surface area contributed by atoms with Gasteiger partial charge in [-0.1, -0.05) is 5.16 Å². The maximum absolute atomic E-state index is 13.2. The molecule has 2 aromatic heterocycles. The van der Waals surface area contributed by atoms with Crippen LogP contribution in [0.2, 0.25) is 0 Å². The molecule has 0 aliphatic heterocycles. The smallest absolute Gasteiger partial charge is 0.267 e. The number of nitrogens with one attached hydrogen (secondary N) is 1. The minimum Gasteiger partial charge on any atom is -0.497 e. The van der Waals surface area contributed by atoms with E-state index in [1.165, 1.54) is 44.8 Å². The lowest BCUT2D eigenvalue weighted by Crippen LogP contribution is -2.28. The summed E-state index contributed by atoms with van der Waals surface area (Å²) < 4.78 is 29.9. The van der Waals surface area contributed by atoms with Crippen molar-refractivity contribution in [1.29, 1.82) is 0 Å². The van der Waals surface area contributed by atoms with Crippen LogP contribution in [0, 0.1) is 5.82 Å². The Morgan fingerprint density at radius 1 is 1.16 bits per heavy atom. The third-order valence-electron chi connectivity index (χ3n) is 4.58. The molecule has 9 nitrogen and oxygen atoms in total.